The number of rotatable bonds is 5. The van der Waals surface area contributed by atoms with E-state index in [0.29, 0.717) is 0 Å². The molecule has 1 aromatic heterocycles. The van der Waals surface area contributed by atoms with Crippen LogP contribution in [-0.2, 0) is 6.42 Å². The van der Waals surface area contributed by atoms with E-state index in [0.717, 1.165) is 18.4 Å². The Morgan fingerprint density at radius 2 is 2.12 bits per heavy atom. The zero-order valence-electron chi connectivity index (χ0n) is 10.5. The van der Waals surface area contributed by atoms with E-state index < -0.39 is 0 Å². The number of hydrogen-bond donors (Lipinski definition) is 1. The monoisotopic (exact) mass is 315 g/mol. The average molecular weight is 316 g/mol. The van der Waals surface area contributed by atoms with E-state index in [1.54, 1.807) is 4.88 Å². The van der Waals surface area contributed by atoms with Crippen LogP contribution in [0, 0.1) is 11.8 Å². The summed E-state index contributed by atoms with van der Waals surface area (Å²) in [4.78, 5) is 1.54. The van der Waals surface area contributed by atoms with Crippen LogP contribution in [0.15, 0.2) is 15.9 Å². The van der Waals surface area contributed by atoms with Gasteiger partial charge in [0.05, 0.1) is 0 Å². The third kappa shape index (κ3) is 3.80. The molecule has 17 heavy (non-hydrogen) atoms. The highest BCUT2D eigenvalue weighted by atomic mass is 79.9. The van der Waals surface area contributed by atoms with Gasteiger partial charge in [-0.2, -0.15) is 0 Å². The lowest BCUT2D eigenvalue weighted by Gasteiger charge is -2.31. The van der Waals surface area contributed by atoms with Gasteiger partial charge >= 0.3 is 0 Å². The van der Waals surface area contributed by atoms with Gasteiger partial charge in [0.25, 0.3) is 0 Å². The highest BCUT2D eigenvalue weighted by Crippen LogP contribution is 2.35. The molecule has 1 aliphatic carbocycles. The van der Waals surface area contributed by atoms with Gasteiger partial charge in [-0.1, -0.05) is 19.8 Å². The first-order valence-electron chi connectivity index (χ1n) is 6.73. The molecule has 0 amide bonds. The Labute approximate surface area is 117 Å². The molecule has 1 N–H and O–H groups in total. The smallest absolute Gasteiger partial charge is 0.0314 e. The first kappa shape index (κ1) is 13.6. The lowest BCUT2D eigenvalue weighted by Crippen LogP contribution is -2.31. The number of nitrogens with one attached hydrogen (secondary N) is 1. The molecule has 2 atom stereocenters. The van der Waals surface area contributed by atoms with Crippen molar-refractivity contribution in [3.63, 3.8) is 0 Å². The van der Waals surface area contributed by atoms with Crippen LogP contribution < -0.4 is 5.32 Å². The molecule has 0 bridgehead atoms. The maximum Gasteiger partial charge on any atom is 0.0314 e. The molecule has 96 valence electrons. The fourth-order valence-corrected chi connectivity index (χ4v) is 4.47. The summed E-state index contributed by atoms with van der Waals surface area (Å²) < 4.78 is 1.32. The molecule has 2 unspecified atom stereocenters. The lowest BCUT2D eigenvalue weighted by molar-refractivity contribution is 0.230. The van der Waals surface area contributed by atoms with Crippen LogP contribution in [0.5, 0.6) is 0 Å². The van der Waals surface area contributed by atoms with Crippen LogP contribution in [0.25, 0.3) is 0 Å². The van der Waals surface area contributed by atoms with Crippen LogP contribution in [0.1, 0.15) is 37.5 Å². The topological polar surface area (TPSA) is 12.0 Å². The second-order valence-electron chi connectivity index (χ2n) is 5.01. The fourth-order valence-electron chi connectivity index (χ4n) is 2.86. The van der Waals surface area contributed by atoms with E-state index in [9.17, 15) is 0 Å². The van der Waals surface area contributed by atoms with E-state index in [1.807, 2.05) is 11.3 Å². The largest absolute Gasteiger partial charge is 0.317 e. The van der Waals surface area contributed by atoms with Crippen molar-refractivity contribution in [3.8, 4) is 0 Å². The molecular weight excluding hydrogens is 294 g/mol. The summed E-state index contributed by atoms with van der Waals surface area (Å²) in [7, 11) is 0. The molecule has 0 spiro atoms. The van der Waals surface area contributed by atoms with Crippen molar-refractivity contribution in [1.82, 2.24) is 5.32 Å². The molecule has 1 nitrogen and oxygen atoms in total. The van der Waals surface area contributed by atoms with Gasteiger partial charge in [-0.25, -0.2) is 0 Å². The maximum atomic E-state index is 3.66. The number of hydrogen-bond acceptors (Lipinski definition) is 2. The molecule has 1 saturated carbocycles. The van der Waals surface area contributed by atoms with Crippen molar-refractivity contribution in [1.29, 1.82) is 0 Å². The first-order chi connectivity index (χ1) is 8.31. The Hall–Kier alpha value is 0.140. The van der Waals surface area contributed by atoms with E-state index in [-0.39, 0.29) is 0 Å². The standard InChI is InChI=1S/C14H22BrNS/c1-2-16-10-12-6-4-3-5-11(12)9-14-13(15)7-8-17-14/h7-8,11-12,16H,2-6,9-10H2,1H3. The van der Waals surface area contributed by atoms with Gasteiger partial charge in [0.2, 0.25) is 0 Å². The Morgan fingerprint density at radius 3 is 2.76 bits per heavy atom. The van der Waals surface area contributed by atoms with Crippen molar-refractivity contribution in [2.45, 2.75) is 39.0 Å². The zero-order valence-corrected chi connectivity index (χ0v) is 12.9. The van der Waals surface area contributed by atoms with Crippen LogP contribution in [-0.4, -0.2) is 13.1 Å². The minimum absolute atomic E-state index is 0.887. The van der Waals surface area contributed by atoms with Crippen molar-refractivity contribution in [3.05, 3.63) is 20.8 Å². The van der Waals surface area contributed by atoms with Crippen LogP contribution in [0.3, 0.4) is 0 Å². The minimum atomic E-state index is 0.887. The van der Waals surface area contributed by atoms with Gasteiger partial charge < -0.3 is 5.32 Å². The van der Waals surface area contributed by atoms with E-state index in [1.165, 1.54) is 43.1 Å². The average Bonchev–Trinajstić information content (AvgIpc) is 2.74. The van der Waals surface area contributed by atoms with Crippen LogP contribution in [0.4, 0.5) is 0 Å². The quantitative estimate of drug-likeness (QED) is 0.845. The maximum absolute atomic E-state index is 3.66. The SMILES string of the molecule is CCNCC1CCCCC1Cc1sccc1Br. The number of halogens is 1. The second-order valence-corrected chi connectivity index (χ2v) is 6.86. The molecule has 0 aliphatic heterocycles. The summed E-state index contributed by atoms with van der Waals surface area (Å²) in [5, 5.41) is 5.73. The van der Waals surface area contributed by atoms with E-state index in [4.69, 9.17) is 0 Å². The van der Waals surface area contributed by atoms with Gasteiger partial charge in [-0.3, -0.25) is 0 Å². The van der Waals surface area contributed by atoms with Crippen molar-refractivity contribution < 1.29 is 0 Å². The summed E-state index contributed by atoms with van der Waals surface area (Å²) in [6.45, 7) is 4.52. The Morgan fingerprint density at radius 1 is 1.35 bits per heavy atom. The third-order valence-corrected chi connectivity index (χ3v) is 5.81. The highest BCUT2D eigenvalue weighted by molar-refractivity contribution is 9.10. The van der Waals surface area contributed by atoms with E-state index in [2.05, 4.69) is 39.6 Å². The molecule has 1 aliphatic rings. The summed E-state index contributed by atoms with van der Waals surface area (Å²) in [5.41, 5.74) is 0. The molecule has 2 rings (SSSR count). The number of thiophene rings is 1. The molecular formula is C14H22BrNS. The molecule has 1 heterocycles. The van der Waals surface area contributed by atoms with Crippen molar-refractivity contribution >= 4 is 27.3 Å². The lowest BCUT2D eigenvalue weighted by atomic mass is 9.77. The molecule has 1 fully saturated rings. The van der Waals surface area contributed by atoms with Gasteiger partial charge in [-0.05, 0) is 71.6 Å². The van der Waals surface area contributed by atoms with Gasteiger partial charge in [0, 0.05) is 9.35 Å². The fraction of sp³-hybridized carbons (Fsp3) is 0.714. The van der Waals surface area contributed by atoms with Crippen LogP contribution in [0.2, 0.25) is 0 Å². The molecule has 1 aromatic rings. The summed E-state index contributed by atoms with van der Waals surface area (Å²) in [5.74, 6) is 1.77. The predicted octanol–water partition coefficient (Wildman–Crippen LogP) is 4.47. The summed E-state index contributed by atoms with van der Waals surface area (Å²) in [6.07, 6.45) is 6.96. The second kappa shape index (κ2) is 6.91. The van der Waals surface area contributed by atoms with Crippen molar-refractivity contribution in [2.24, 2.45) is 11.8 Å². The Bertz CT molecular complexity index is 337. The molecule has 0 saturated heterocycles. The third-order valence-electron chi connectivity index (χ3n) is 3.86. The summed E-state index contributed by atoms with van der Waals surface area (Å²) >= 11 is 5.56. The Kier molecular flexibility index (Phi) is 5.51. The van der Waals surface area contributed by atoms with Crippen molar-refractivity contribution in [2.75, 3.05) is 13.1 Å². The normalized spacial score (nSPS) is 25.1. The zero-order chi connectivity index (χ0) is 12.1. The predicted molar refractivity (Wildman–Crippen MR) is 79.7 cm³/mol. The Balaban J connectivity index is 1.94. The summed E-state index contributed by atoms with van der Waals surface area (Å²) in [6, 6.07) is 2.18. The van der Waals surface area contributed by atoms with Crippen LogP contribution >= 0.6 is 27.3 Å². The minimum Gasteiger partial charge on any atom is -0.317 e. The molecule has 3 heteroatoms. The first-order valence-corrected chi connectivity index (χ1v) is 8.41. The van der Waals surface area contributed by atoms with Gasteiger partial charge in [0.15, 0.2) is 0 Å². The van der Waals surface area contributed by atoms with E-state index >= 15 is 0 Å². The van der Waals surface area contributed by atoms with Gasteiger partial charge in [0.1, 0.15) is 0 Å². The molecule has 0 radical (unpaired) electrons. The van der Waals surface area contributed by atoms with Gasteiger partial charge in [-0.15, -0.1) is 11.3 Å². The highest BCUT2D eigenvalue weighted by Gasteiger charge is 2.25. The molecule has 0 aromatic carbocycles.